The topological polar surface area (TPSA) is 94.2 Å². The molecule has 0 bridgehead atoms. The van der Waals surface area contributed by atoms with Gasteiger partial charge in [0.25, 0.3) is 5.91 Å². The maximum atomic E-state index is 12.5. The van der Waals surface area contributed by atoms with Gasteiger partial charge in [0, 0.05) is 13.1 Å². The zero-order chi connectivity index (χ0) is 20.9. The Morgan fingerprint density at radius 3 is 2.18 bits per heavy atom. The Morgan fingerprint density at radius 1 is 1.04 bits per heavy atom. The lowest BCUT2D eigenvalue weighted by molar-refractivity contribution is -0.122. The Kier molecular flexibility index (Phi) is 6.74. The summed E-state index contributed by atoms with van der Waals surface area (Å²) in [5.74, 6) is 1.14. The summed E-state index contributed by atoms with van der Waals surface area (Å²) in [5, 5.41) is 2.75. The number of anilines is 2. The molecule has 0 radical (unpaired) electrons. The van der Waals surface area contributed by atoms with E-state index in [1.54, 1.807) is 49.4 Å². The summed E-state index contributed by atoms with van der Waals surface area (Å²) in [7, 11) is 1.15. The lowest BCUT2D eigenvalue weighted by atomic mass is 10.2. The molecule has 152 valence electrons. The Bertz CT molecular complexity index is 928. The second kappa shape index (κ2) is 8.83. The molecule has 0 fully saturated rings. The minimum Gasteiger partial charge on any atom is -0.497 e. The van der Waals surface area contributed by atoms with Gasteiger partial charge in [0.05, 0.1) is 31.9 Å². The summed E-state index contributed by atoms with van der Waals surface area (Å²) in [6.07, 6.45) is 0.325. The molecular weight excluding hydrogens is 384 g/mol. The lowest BCUT2D eigenvalue weighted by Gasteiger charge is -2.19. The van der Waals surface area contributed by atoms with Gasteiger partial charge in [0.15, 0.2) is 6.10 Å². The van der Waals surface area contributed by atoms with E-state index in [1.807, 2.05) is 0 Å². The summed E-state index contributed by atoms with van der Waals surface area (Å²) in [6.45, 7) is 1.61. The smallest absolute Gasteiger partial charge is 0.265 e. The Labute approximate surface area is 165 Å². The van der Waals surface area contributed by atoms with Gasteiger partial charge in [-0.25, -0.2) is 8.42 Å². The predicted molar refractivity (Wildman–Crippen MR) is 108 cm³/mol. The summed E-state index contributed by atoms with van der Waals surface area (Å²) in [5.41, 5.74) is 0.959. The van der Waals surface area contributed by atoms with Crippen LogP contribution in [0.5, 0.6) is 17.2 Å². The van der Waals surface area contributed by atoms with E-state index >= 15 is 0 Å². The second-order valence-corrected chi connectivity index (χ2v) is 8.05. The summed E-state index contributed by atoms with van der Waals surface area (Å²) in [6, 6.07) is 11.5. The fourth-order valence-corrected chi connectivity index (χ4v) is 2.83. The number of nitrogens with zero attached hydrogens (tertiary/aromatic N) is 1. The molecule has 9 heteroatoms. The monoisotopic (exact) mass is 408 g/mol. The molecule has 0 spiro atoms. The zero-order valence-corrected chi connectivity index (χ0v) is 17.2. The Morgan fingerprint density at radius 2 is 1.64 bits per heavy atom. The van der Waals surface area contributed by atoms with Gasteiger partial charge in [-0.2, -0.15) is 0 Å². The zero-order valence-electron chi connectivity index (χ0n) is 16.4. The van der Waals surface area contributed by atoms with Gasteiger partial charge in [-0.05, 0) is 43.3 Å². The molecular formula is C19H24N2O6S. The molecule has 8 nitrogen and oxygen atoms in total. The van der Waals surface area contributed by atoms with Crippen LogP contribution in [0.2, 0.25) is 0 Å². The van der Waals surface area contributed by atoms with E-state index in [9.17, 15) is 13.2 Å². The first-order valence-corrected chi connectivity index (χ1v) is 10.2. The third-order valence-electron chi connectivity index (χ3n) is 4.04. The first kappa shape index (κ1) is 21.4. The van der Waals surface area contributed by atoms with Crippen molar-refractivity contribution in [2.24, 2.45) is 0 Å². The third kappa shape index (κ3) is 5.29. The number of rotatable bonds is 8. The van der Waals surface area contributed by atoms with Gasteiger partial charge in [-0.1, -0.05) is 0 Å². The molecule has 1 amide bonds. The average molecular weight is 408 g/mol. The second-order valence-electron chi connectivity index (χ2n) is 6.04. The van der Waals surface area contributed by atoms with Crippen molar-refractivity contribution in [3.05, 3.63) is 42.5 Å². The van der Waals surface area contributed by atoms with Crippen molar-refractivity contribution < 1.29 is 27.4 Å². The molecule has 1 atom stereocenters. The van der Waals surface area contributed by atoms with Crippen LogP contribution >= 0.6 is 0 Å². The molecule has 1 unspecified atom stereocenters. The largest absolute Gasteiger partial charge is 0.497 e. The van der Waals surface area contributed by atoms with Crippen LogP contribution in [-0.4, -0.2) is 48.0 Å². The Balaban J connectivity index is 2.07. The van der Waals surface area contributed by atoms with E-state index in [0.717, 1.165) is 10.6 Å². The lowest BCUT2D eigenvalue weighted by Crippen LogP contribution is -2.30. The maximum Gasteiger partial charge on any atom is 0.265 e. The molecule has 0 heterocycles. The summed E-state index contributed by atoms with van der Waals surface area (Å²) >= 11 is 0. The first-order chi connectivity index (χ1) is 13.2. The Hall–Kier alpha value is -2.94. The van der Waals surface area contributed by atoms with E-state index < -0.39 is 16.1 Å². The number of hydrogen-bond acceptors (Lipinski definition) is 6. The number of carbonyl (C=O) groups is 1. The van der Waals surface area contributed by atoms with E-state index in [1.165, 1.54) is 21.3 Å². The molecule has 2 aromatic carbocycles. The molecule has 28 heavy (non-hydrogen) atoms. The highest BCUT2D eigenvalue weighted by molar-refractivity contribution is 7.92. The maximum absolute atomic E-state index is 12.5. The fourth-order valence-electron chi connectivity index (χ4n) is 2.33. The van der Waals surface area contributed by atoms with Gasteiger partial charge < -0.3 is 19.5 Å². The van der Waals surface area contributed by atoms with E-state index in [4.69, 9.17) is 14.2 Å². The molecule has 2 aromatic rings. The van der Waals surface area contributed by atoms with Gasteiger partial charge in [-0.3, -0.25) is 9.10 Å². The highest BCUT2D eigenvalue weighted by Crippen LogP contribution is 2.29. The van der Waals surface area contributed by atoms with Crippen LogP contribution in [-0.2, 0) is 14.8 Å². The number of benzene rings is 2. The highest BCUT2D eigenvalue weighted by atomic mass is 32.2. The first-order valence-electron chi connectivity index (χ1n) is 8.39. The van der Waals surface area contributed by atoms with Crippen LogP contribution in [0, 0.1) is 0 Å². The van der Waals surface area contributed by atoms with Crippen molar-refractivity contribution in [2.75, 3.05) is 37.1 Å². The number of ether oxygens (including phenoxy) is 3. The van der Waals surface area contributed by atoms with Crippen LogP contribution < -0.4 is 23.8 Å². The van der Waals surface area contributed by atoms with Crippen molar-refractivity contribution >= 4 is 27.3 Å². The molecule has 0 aliphatic heterocycles. The van der Waals surface area contributed by atoms with Crippen LogP contribution in [0.15, 0.2) is 42.5 Å². The minimum absolute atomic E-state index is 0.371. The fraction of sp³-hybridized carbons (Fsp3) is 0.316. The number of sulfonamides is 1. The van der Waals surface area contributed by atoms with Crippen molar-refractivity contribution in [3.63, 3.8) is 0 Å². The molecule has 0 saturated heterocycles. The predicted octanol–water partition coefficient (Wildman–Crippen LogP) is 2.51. The van der Waals surface area contributed by atoms with Crippen molar-refractivity contribution in [2.45, 2.75) is 13.0 Å². The molecule has 1 N–H and O–H groups in total. The summed E-state index contributed by atoms with van der Waals surface area (Å²) < 4.78 is 40.4. The van der Waals surface area contributed by atoms with E-state index in [0.29, 0.717) is 28.6 Å². The van der Waals surface area contributed by atoms with Gasteiger partial charge in [0.2, 0.25) is 10.0 Å². The molecule has 0 saturated carbocycles. The van der Waals surface area contributed by atoms with E-state index in [2.05, 4.69) is 5.32 Å². The van der Waals surface area contributed by atoms with Crippen LogP contribution in [0.3, 0.4) is 0 Å². The van der Waals surface area contributed by atoms with Crippen molar-refractivity contribution in [3.8, 4) is 17.2 Å². The summed E-state index contributed by atoms with van der Waals surface area (Å²) in [4.78, 5) is 12.5. The number of methoxy groups -OCH3 is 2. The SMILES string of the molecule is COc1ccc(OC)c(NC(=O)C(C)Oc2ccc(N(C)S(C)(=O)=O)cc2)c1. The third-order valence-corrected chi connectivity index (χ3v) is 5.25. The van der Waals surface area contributed by atoms with Gasteiger partial charge in [0.1, 0.15) is 17.2 Å². The van der Waals surface area contributed by atoms with Crippen molar-refractivity contribution in [1.82, 2.24) is 0 Å². The van der Waals surface area contributed by atoms with Crippen molar-refractivity contribution in [1.29, 1.82) is 0 Å². The number of nitrogens with one attached hydrogen (secondary N) is 1. The molecule has 0 aliphatic rings. The van der Waals surface area contributed by atoms with Crippen LogP contribution in [0.25, 0.3) is 0 Å². The number of amides is 1. The molecule has 0 aliphatic carbocycles. The molecule has 0 aromatic heterocycles. The highest BCUT2D eigenvalue weighted by Gasteiger charge is 2.18. The quantitative estimate of drug-likeness (QED) is 0.721. The average Bonchev–Trinajstić information content (AvgIpc) is 2.67. The van der Waals surface area contributed by atoms with Crippen LogP contribution in [0.4, 0.5) is 11.4 Å². The number of carbonyl (C=O) groups excluding carboxylic acids is 1. The number of hydrogen-bond donors (Lipinski definition) is 1. The van der Waals surface area contributed by atoms with E-state index in [-0.39, 0.29) is 5.91 Å². The standard InChI is InChI=1S/C19H24N2O6S/c1-13(19(22)20-17-12-16(25-3)10-11-18(17)26-4)27-15-8-6-14(7-9-15)21(2)28(5,23)24/h6-13H,1-5H3,(H,20,22). The van der Waals surface area contributed by atoms with Crippen LogP contribution in [0.1, 0.15) is 6.92 Å². The van der Waals surface area contributed by atoms with Gasteiger partial charge in [-0.15, -0.1) is 0 Å². The minimum atomic E-state index is -3.35. The normalized spacial score (nSPS) is 12.0. The molecule has 2 rings (SSSR count). The van der Waals surface area contributed by atoms with Gasteiger partial charge >= 0.3 is 0 Å².